The van der Waals surface area contributed by atoms with Gasteiger partial charge in [0.15, 0.2) is 11.5 Å². The molecule has 2 heteroatoms. The molecule has 0 aliphatic carbocycles. The van der Waals surface area contributed by atoms with Crippen molar-refractivity contribution in [2.45, 2.75) is 65.6 Å². The Balaban J connectivity index is 2.66. The Hall–Kier alpha value is -1.18. The van der Waals surface area contributed by atoms with E-state index in [1.807, 2.05) is 24.3 Å². The summed E-state index contributed by atoms with van der Waals surface area (Å²) in [6.45, 7) is 8.56. The van der Waals surface area contributed by atoms with Crippen LogP contribution < -0.4 is 9.47 Å². The molecule has 2 nitrogen and oxygen atoms in total. The summed E-state index contributed by atoms with van der Waals surface area (Å²) < 4.78 is 11.9. The quantitative estimate of drug-likeness (QED) is 0.658. The minimum atomic E-state index is 0.237. The molecule has 0 aliphatic heterocycles. The number of hydrogen-bond acceptors (Lipinski definition) is 2. The summed E-state index contributed by atoms with van der Waals surface area (Å²) in [7, 11) is 0. The highest BCUT2D eigenvalue weighted by molar-refractivity contribution is 5.39. The first-order valence-corrected chi connectivity index (χ1v) is 7.09. The van der Waals surface area contributed by atoms with Gasteiger partial charge in [-0.15, -0.1) is 0 Å². The Bertz CT molecular complexity index is 303. The van der Waals surface area contributed by atoms with Gasteiger partial charge in [0.25, 0.3) is 0 Å². The molecule has 0 spiro atoms. The van der Waals surface area contributed by atoms with Crippen molar-refractivity contribution in [2.24, 2.45) is 0 Å². The van der Waals surface area contributed by atoms with E-state index in [1.54, 1.807) is 0 Å². The minimum absolute atomic E-state index is 0.237. The highest BCUT2D eigenvalue weighted by Gasteiger charge is 2.10. The lowest BCUT2D eigenvalue weighted by Crippen LogP contribution is -2.15. The van der Waals surface area contributed by atoms with Crippen molar-refractivity contribution in [1.82, 2.24) is 0 Å². The van der Waals surface area contributed by atoms with Gasteiger partial charge in [-0.2, -0.15) is 0 Å². The van der Waals surface area contributed by atoms with Gasteiger partial charge in [0.1, 0.15) is 0 Å². The fourth-order valence-corrected chi connectivity index (χ4v) is 2.01. The number of benzene rings is 1. The molecule has 1 rings (SSSR count). The van der Waals surface area contributed by atoms with E-state index in [0.29, 0.717) is 0 Å². The van der Waals surface area contributed by atoms with Crippen LogP contribution in [0.3, 0.4) is 0 Å². The molecule has 102 valence electrons. The summed E-state index contributed by atoms with van der Waals surface area (Å²) in [6.07, 6.45) is 4.88. The summed E-state index contributed by atoms with van der Waals surface area (Å²) in [4.78, 5) is 0. The van der Waals surface area contributed by atoms with E-state index < -0.39 is 0 Å². The molecule has 1 aromatic rings. The maximum atomic E-state index is 5.94. The van der Waals surface area contributed by atoms with Crippen LogP contribution in [0.25, 0.3) is 0 Å². The molecule has 1 aromatic carbocycles. The second-order valence-corrected chi connectivity index (χ2v) is 4.88. The Morgan fingerprint density at radius 1 is 0.833 bits per heavy atom. The smallest absolute Gasteiger partial charge is 0.161 e. The molecule has 0 fully saturated rings. The van der Waals surface area contributed by atoms with E-state index in [4.69, 9.17) is 9.47 Å². The van der Waals surface area contributed by atoms with Gasteiger partial charge in [0.05, 0.1) is 12.2 Å². The standard InChI is InChI=1S/C16H26O2/c1-5-9-13(3)17-15-11-7-8-12-16(15)18-14(4)10-6-2/h7-8,11-14H,5-6,9-10H2,1-4H3. The van der Waals surface area contributed by atoms with Gasteiger partial charge in [-0.3, -0.25) is 0 Å². The lowest BCUT2D eigenvalue weighted by molar-refractivity contribution is 0.170. The lowest BCUT2D eigenvalue weighted by atomic mass is 10.2. The summed E-state index contributed by atoms with van der Waals surface area (Å²) >= 11 is 0. The van der Waals surface area contributed by atoms with Crippen molar-refractivity contribution >= 4 is 0 Å². The summed E-state index contributed by atoms with van der Waals surface area (Å²) in [6, 6.07) is 7.96. The Kier molecular flexibility index (Phi) is 6.63. The molecule has 0 bridgehead atoms. The predicted molar refractivity (Wildman–Crippen MR) is 76.4 cm³/mol. The van der Waals surface area contributed by atoms with Gasteiger partial charge in [0.2, 0.25) is 0 Å². The van der Waals surface area contributed by atoms with Crippen molar-refractivity contribution in [3.05, 3.63) is 24.3 Å². The lowest BCUT2D eigenvalue weighted by Gasteiger charge is -2.19. The normalized spacial score (nSPS) is 14.0. The van der Waals surface area contributed by atoms with Gasteiger partial charge in [-0.05, 0) is 38.8 Å². The maximum Gasteiger partial charge on any atom is 0.161 e. The fourth-order valence-electron chi connectivity index (χ4n) is 2.01. The van der Waals surface area contributed by atoms with E-state index in [0.717, 1.165) is 37.2 Å². The SMILES string of the molecule is CCCC(C)Oc1ccccc1OC(C)CCC. The number of ether oxygens (including phenoxy) is 2. The molecule has 0 saturated heterocycles. The molecule has 0 heterocycles. The van der Waals surface area contributed by atoms with E-state index in [1.165, 1.54) is 0 Å². The van der Waals surface area contributed by atoms with E-state index in [9.17, 15) is 0 Å². The molecule has 0 saturated carbocycles. The molecule has 0 amide bonds. The van der Waals surface area contributed by atoms with Crippen molar-refractivity contribution in [3.8, 4) is 11.5 Å². The molecular formula is C16H26O2. The molecule has 0 radical (unpaired) electrons. The maximum absolute atomic E-state index is 5.94. The van der Waals surface area contributed by atoms with Crippen molar-refractivity contribution in [3.63, 3.8) is 0 Å². The number of para-hydroxylation sites is 2. The third-order valence-electron chi connectivity index (χ3n) is 2.90. The number of rotatable bonds is 8. The Morgan fingerprint density at radius 3 is 1.56 bits per heavy atom. The van der Waals surface area contributed by atoms with Crippen LogP contribution in [0.2, 0.25) is 0 Å². The highest BCUT2D eigenvalue weighted by Crippen LogP contribution is 2.29. The van der Waals surface area contributed by atoms with Crippen LogP contribution >= 0.6 is 0 Å². The fraction of sp³-hybridized carbons (Fsp3) is 0.625. The van der Waals surface area contributed by atoms with Crippen LogP contribution in [0.15, 0.2) is 24.3 Å². The van der Waals surface area contributed by atoms with Crippen LogP contribution in [0.4, 0.5) is 0 Å². The molecule has 2 unspecified atom stereocenters. The van der Waals surface area contributed by atoms with Gasteiger partial charge < -0.3 is 9.47 Å². The molecule has 18 heavy (non-hydrogen) atoms. The first kappa shape index (κ1) is 14.9. The zero-order valence-corrected chi connectivity index (χ0v) is 12.1. The van der Waals surface area contributed by atoms with Crippen molar-refractivity contribution in [1.29, 1.82) is 0 Å². The van der Waals surface area contributed by atoms with Crippen LogP contribution in [-0.2, 0) is 0 Å². The van der Waals surface area contributed by atoms with Gasteiger partial charge in [-0.25, -0.2) is 0 Å². The highest BCUT2D eigenvalue weighted by atomic mass is 16.5. The van der Waals surface area contributed by atoms with Crippen molar-refractivity contribution < 1.29 is 9.47 Å². The zero-order valence-electron chi connectivity index (χ0n) is 12.1. The molecule has 2 atom stereocenters. The molecule has 0 aliphatic rings. The minimum Gasteiger partial charge on any atom is -0.487 e. The van der Waals surface area contributed by atoms with Gasteiger partial charge >= 0.3 is 0 Å². The van der Waals surface area contributed by atoms with Crippen LogP contribution in [-0.4, -0.2) is 12.2 Å². The van der Waals surface area contributed by atoms with E-state index >= 15 is 0 Å². The first-order valence-electron chi connectivity index (χ1n) is 7.09. The second-order valence-electron chi connectivity index (χ2n) is 4.88. The zero-order chi connectivity index (χ0) is 13.4. The average molecular weight is 250 g/mol. The number of hydrogen-bond donors (Lipinski definition) is 0. The topological polar surface area (TPSA) is 18.5 Å². The first-order chi connectivity index (χ1) is 8.67. The third-order valence-corrected chi connectivity index (χ3v) is 2.90. The van der Waals surface area contributed by atoms with Crippen LogP contribution in [0.1, 0.15) is 53.4 Å². The van der Waals surface area contributed by atoms with Crippen LogP contribution in [0.5, 0.6) is 11.5 Å². The monoisotopic (exact) mass is 250 g/mol. The average Bonchev–Trinajstić information content (AvgIpc) is 2.32. The largest absolute Gasteiger partial charge is 0.487 e. The summed E-state index contributed by atoms with van der Waals surface area (Å²) in [5.41, 5.74) is 0. The third kappa shape index (κ3) is 4.99. The van der Waals surface area contributed by atoms with Gasteiger partial charge in [0, 0.05) is 0 Å². The predicted octanol–water partition coefficient (Wildman–Crippen LogP) is 4.82. The molecule has 0 aromatic heterocycles. The van der Waals surface area contributed by atoms with Crippen molar-refractivity contribution in [2.75, 3.05) is 0 Å². The second kappa shape index (κ2) is 8.02. The summed E-state index contributed by atoms with van der Waals surface area (Å²) in [5, 5.41) is 0. The summed E-state index contributed by atoms with van der Waals surface area (Å²) in [5.74, 6) is 1.72. The van der Waals surface area contributed by atoms with E-state index in [2.05, 4.69) is 27.7 Å². The van der Waals surface area contributed by atoms with Gasteiger partial charge in [-0.1, -0.05) is 38.8 Å². The van der Waals surface area contributed by atoms with Crippen LogP contribution in [0, 0.1) is 0 Å². The van der Waals surface area contributed by atoms with E-state index in [-0.39, 0.29) is 12.2 Å². The Labute approximate surface area is 111 Å². The Morgan fingerprint density at radius 2 is 1.22 bits per heavy atom. The molecular weight excluding hydrogens is 224 g/mol. The molecule has 0 N–H and O–H groups in total.